The third-order valence-corrected chi connectivity index (χ3v) is 3.33. The van der Waals surface area contributed by atoms with Gasteiger partial charge in [0.25, 0.3) is 0 Å². The molecular formula is C21H24O6. The van der Waals surface area contributed by atoms with Gasteiger partial charge in [-0.3, -0.25) is 0 Å². The SMILES string of the molecule is C=C(C)C(=O)OC#CC(CCC)Oc1ccc(/C=C/C(=O)OC)cc1OC. The van der Waals surface area contributed by atoms with E-state index < -0.39 is 18.0 Å². The summed E-state index contributed by atoms with van der Waals surface area (Å²) < 4.78 is 20.6. The lowest BCUT2D eigenvalue weighted by molar-refractivity contribution is -0.135. The average molecular weight is 372 g/mol. The number of hydrogen-bond donors (Lipinski definition) is 0. The normalized spacial score (nSPS) is 11.1. The van der Waals surface area contributed by atoms with Crippen molar-refractivity contribution in [3.63, 3.8) is 0 Å². The van der Waals surface area contributed by atoms with Gasteiger partial charge in [0.2, 0.25) is 0 Å². The van der Waals surface area contributed by atoms with Gasteiger partial charge in [-0.05, 0) is 43.0 Å². The van der Waals surface area contributed by atoms with Crippen LogP contribution >= 0.6 is 0 Å². The van der Waals surface area contributed by atoms with E-state index in [-0.39, 0.29) is 5.57 Å². The Bertz CT molecular complexity index is 767. The van der Waals surface area contributed by atoms with E-state index in [2.05, 4.69) is 23.3 Å². The Kier molecular flexibility index (Phi) is 9.24. The maximum Gasteiger partial charge on any atom is 0.347 e. The van der Waals surface area contributed by atoms with E-state index >= 15 is 0 Å². The van der Waals surface area contributed by atoms with Crippen molar-refractivity contribution in [3.05, 3.63) is 42.0 Å². The molecule has 0 saturated heterocycles. The van der Waals surface area contributed by atoms with E-state index in [4.69, 9.17) is 14.2 Å². The van der Waals surface area contributed by atoms with E-state index in [1.165, 1.54) is 20.3 Å². The molecule has 1 aromatic rings. The number of ether oxygens (including phenoxy) is 4. The Hall–Kier alpha value is -3.20. The van der Waals surface area contributed by atoms with E-state index in [9.17, 15) is 9.59 Å². The molecule has 0 N–H and O–H groups in total. The lowest BCUT2D eigenvalue weighted by atomic mass is 10.1. The number of carbonyl (C=O) groups is 2. The molecule has 0 aliphatic heterocycles. The molecular weight excluding hydrogens is 348 g/mol. The Labute approximate surface area is 159 Å². The zero-order chi connectivity index (χ0) is 20.2. The van der Waals surface area contributed by atoms with Crippen LogP contribution in [0.3, 0.4) is 0 Å². The number of hydrogen-bond acceptors (Lipinski definition) is 6. The first-order chi connectivity index (χ1) is 12.9. The van der Waals surface area contributed by atoms with Crippen LogP contribution in [-0.2, 0) is 19.1 Å². The Morgan fingerprint density at radius 2 is 2.00 bits per heavy atom. The minimum atomic E-state index is -0.572. The maximum atomic E-state index is 11.4. The summed E-state index contributed by atoms with van der Waals surface area (Å²) in [6, 6.07) is 5.22. The summed E-state index contributed by atoms with van der Waals surface area (Å²) in [5.41, 5.74) is 1.02. The zero-order valence-electron chi connectivity index (χ0n) is 16.0. The number of esters is 2. The molecule has 0 aliphatic rings. The van der Waals surface area contributed by atoms with E-state index in [1.807, 2.05) is 6.92 Å². The van der Waals surface area contributed by atoms with Crippen molar-refractivity contribution in [2.45, 2.75) is 32.8 Å². The lowest BCUT2D eigenvalue weighted by Crippen LogP contribution is -2.15. The van der Waals surface area contributed by atoms with Crippen LogP contribution in [0.2, 0.25) is 0 Å². The second kappa shape index (κ2) is 11.4. The summed E-state index contributed by atoms with van der Waals surface area (Å²) in [4.78, 5) is 22.6. The molecule has 0 bridgehead atoms. The predicted molar refractivity (Wildman–Crippen MR) is 102 cm³/mol. The minimum absolute atomic E-state index is 0.273. The first-order valence-corrected chi connectivity index (χ1v) is 8.39. The highest BCUT2D eigenvalue weighted by molar-refractivity contribution is 5.87. The Morgan fingerprint density at radius 3 is 2.59 bits per heavy atom. The molecule has 1 aromatic carbocycles. The van der Waals surface area contributed by atoms with Gasteiger partial charge in [-0.15, -0.1) is 0 Å². The highest BCUT2D eigenvalue weighted by Gasteiger charge is 2.12. The van der Waals surface area contributed by atoms with Crippen LogP contribution in [0.4, 0.5) is 0 Å². The largest absolute Gasteiger partial charge is 0.493 e. The monoisotopic (exact) mass is 372 g/mol. The molecule has 0 spiro atoms. The maximum absolute atomic E-state index is 11.4. The quantitative estimate of drug-likeness (QED) is 0.395. The average Bonchev–Trinajstić information content (AvgIpc) is 2.66. The van der Waals surface area contributed by atoms with Gasteiger partial charge in [-0.25, -0.2) is 9.59 Å². The van der Waals surface area contributed by atoms with Crippen molar-refractivity contribution >= 4 is 18.0 Å². The third-order valence-electron chi connectivity index (χ3n) is 3.33. The molecule has 6 nitrogen and oxygen atoms in total. The molecule has 0 aliphatic carbocycles. The summed E-state index contributed by atoms with van der Waals surface area (Å²) in [7, 11) is 2.83. The fourth-order valence-electron chi connectivity index (χ4n) is 1.92. The van der Waals surface area contributed by atoms with E-state index in [1.54, 1.807) is 31.2 Å². The summed E-state index contributed by atoms with van der Waals surface area (Å²) in [6.07, 6.45) is 6.30. The Balaban J connectivity index is 2.93. The van der Waals surface area contributed by atoms with Gasteiger partial charge in [0.1, 0.15) is 6.11 Å². The fraction of sp³-hybridized carbons (Fsp3) is 0.333. The first-order valence-electron chi connectivity index (χ1n) is 8.39. The molecule has 1 unspecified atom stereocenters. The Morgan fingerprint density at radius 1 is 1.26 bits per heavy atom. The molecule has 27 heavy (non-hydrogen) atoms. The van der Waals surface area contributed by atoms with Gasteiger partial charge >= 0.3 is 11.9 Å². The zero-order valence-corrected chi connectivity index (χ0v) is 16.0. The molecule has 0 fully saturated rings. The van der Waals surface area contributed by atoms with E-state index in [0.717, 1.165) is 12.0 Å². The standard InChI is InChI=1S/C21H24O6/c1-6-7-17(12-13-26-21(23)15(2)3)27-18-10-8-16(14-19(18)24-4)9-11-20(22)25-5/h8-11,14,17H,2,6-7H2,1,3-5H3/b11-9+. The molecule has 0 heterocycles. The highest BCUT2D eigenvalue weighted by atomic mass is 16.5. The molecule has 1 atom stereocenters. The summed E-state index contributed by atoms with van der Waals surface area (Å²) in [5, 5.41) is 0. The van der Waals surface area contributed by atoms with Crippen LogP contribution in [-0.4, -0.2) is 32.3 Å². The molecule has 0 saturated carbocycles. The first kappa shape index (κ1) is 21.8. The molecule has 1 rings (SSSR count). The topological polar surface area (TPSA) is 71.1 Å². The van der Waals surface area contributed by atoms with Crippen molar-refractivity contribution in [2.75, 3.05) is 14.2 Å². The number of methoxy groups -OCH3 is 2. The lowest BCUT2D eigenvalue weighted by Gasteiger charge is -2.16. The highest BCUT2D eigenvalue weighted by Crippen LogP contribution is 2.30. The summed E-state index contributed by atoms with van der Waals surface area (Å²) in [5.74, 6) is 2.74. The fourth-order valence-corrected chi connectivity index (χ4v) is 1.92. The minimum Gasteiger partial charge on any atom is -0.493 e. The van der Waals surface area contributed by atoms with Crippen LogP contribution in [0.25, 0.3) is 6.08 Å². The number of carbonyl (C=O) groups excluding carboxylic acids is 2. The van der Waals surface area contributed by atoms with Crippen molar-refractivity contribution in [1.82, 2.24) is 0 Å². The van der Waals surface area contributed by atoms with Crippen LogP contribution < -0.4 is 9.47 Å². The third kappa shape index (κ3) is 7.70. The van der Waals surface area contributed by atoms with Crippen LogP contribution in [0.15, 0.2) is 36.4 Å². The van der Waals surface area contributed by atoms with Crippen LogP contribution in [0, 0.1) is 12.0 Å². The van der Waals surface area contributed by atoms with Gasteiger partial charge in [0.05, 0.1) is 14.2 Å². The number of rotatable bonds is 8. The van der Waals surface area contributed by atoms with Crippen molar-refractivity contribution in [2.24, 2.45) is 0 Å². The smallest absolute Gasteiger partial charge is 0.347 e. The van der Waals surface area contributed by atoms with Crippen LogP contribution in [0.5, 0.6) is 11.5 Å². The van der Waals surface area contributed by atoms with Crippen molar-refractivity contribution in [3.8, 4) is 23.5 Å². The van der Waals surface area contributed by atoms with Gasteiger partial charge in [-0.2, -0.15) is 0 Å². The molecule has 0 radical (unpaired) electrons. The molecule has 144 valence electrons. The van der Waals surface area contributed by atoms with Crippen LogP contribution in [0.1, 0.15) is 32.3 Å². The molecule has 0 amide bonds. The van der Waals surface area contributed by atoms with E-state index in [0.29, 0.717) is 17.9 Å². The van der Waals surface area contributed by atoms with Crippen molar-refractivity contribution < 1.29 is 28.5 Å². The van der Waals surface area contributed by atoms with Crippen molar-refractivity contribution in [1.29, 1.82) is 0 Å². The van der Waals surface area contributed by atoms with Gasteiger partial charge < -0.3 is 18.9 Å². The second-order valence-electron chi connectivity index (χ2n) is 5.58. The van der Waals surface area contributed by atoms with Gasteiger partial charge in [-0.1, -0.05) is 26.0 Å². The summed E-state index contributed by atoms with van der Waals surface area (Å²) in [6.45, 7) is 7.04. The molecule has 0 aromatic heterocycles. The predicted octanol–water partition coefficient (Wildman–Crippen LogP) is 3.51. The summed E-state index contributed by atoms with van der Waals surface area (Å²) >= 11 is 0. The van der Waals surface area contributed by atoms with Gasteiger partial charge in [0, 0.05) is 11.6 Å². The number of benzene rings is 1. The molecule has 6 heteroatoms. The van der Waals surface area contributed by atoms with Gasteiger partial charge in [0.15, 0.2) is 17.6 Å². The second-order valence-corrected chi connectivity index (χ2v) is 5.58.